The highest BCUT2D eigenvalue weighted by atomic mass is 35.5. The monoisotopic (exact) mass is 452 g/mol. The van der Waals surface area contributed by atoms with Crippen molar-refractivity contribution in [2.75, 3.05) is 31.6 Å². The van der Waals surface area contributed by atoms with Gasteiger partial charge in [-0.1, -0.05) is 23.7 Å². The minimum Gasteiger partial charge on any atom is -0.473 e. The van der Waals surface area contributed by atoms with Crippen molar-refractivity contribution in [1.82, 2.24) is 4.90 Å². The van der Waals surface area contributed by atoms with E-state index in [0.717, 1.165) is 25.1 Å². The van der Waals surface area contributed by atoms with Gasteiger partial charge in [-0.05, 0) is 61.8 Å². The predicted octanol–water partition coefficient (Wildman–Crippen LogP) is 3.74. The maximum atomic E-state index is 13.9. The highest BCUT2D eigenvalue weighted by molar-refractivity contribution is 6.30. The number of amides is 1. The van der Waals surface area contributed by atoms with Crippen LogP contribution in [0.5, 0.6) is 0 Å². The van der Waals surface area contributed by atoms with Crippen LogP contribution in [0.25, 0.3) is 11.1 Å². The molecule has 0 aliphatic carbocycles. The molecule has 8 nitrogen and oxygen atoms in total. The average molecular weight is 453 g/mol. The molecule has 0 spiro atoms. The Morgan fingerprint density at radius 1 is 1.13 bits per heavy atom. The molecule has 0 unspecified atom stereocenters. The lowest BCUT2D eigenvalue weighted by atomic mass is 10.0. The Kier molecular flexibility index (Phi) is 8.35. The van der Waals surface area contributed by atoms with Crippen LogP contribution in [0.15, 0.2) is 42.5 Å². The van der Waals surface area contributed by atoms with Crippen LogP contribution in [0.3, 0.4) is 0 Å². The summed E-state index contributed by atoms with van der Waals surface area (Å²) >= 11 is 6.06. The third-order valence-electron chi connectivity index (χ3n) is 4.73. The van der Waals surface area contributed by atoms with Crippen molar-refractivity contribution in [3.8, 4) is 11.1 Å². The van der Waals surface area contributed by atoms with Gasteiger partial charge in [0, 0.05) is 23.7 Å². The lowest BCUT2D eigenvalue weighted by molar-refractivity contribution is -0.159. The van der Waals surface area contributed by atoms with Gasteiger partial charge in [-0.25, -0.2) is 18.8 Å². The second-order valence-electron chi connectivity index (χ2n) is 7.09. The average Bonchev–Trinajstić information content (AvgIpc) is 3.11. The maximum Gasteiger partial charge on any atom is 0.414 e. The Morgan fingerprint density at radius 3 is 2.32 bits per heavy atom. The van der Waals surface area contributed by atoms with Gasteiger partial charge < -0.3 is 20.2 Å². The number of hydrogen-bond donors (Lipinski definition) is 3. The molecule has 0 radical (unpaired) electrons. The lowest BCUT2D eigenvalue weighted by Crippen LogP contribution is -2.35. The smallest absolute Gasteiger partial charge is 0.414 e. The van der Waals surface area contributed by atoms with Crippen LogP contribution >= 0.6 is 11.6 Å². The van der Waals surface area contributed by atoms with Crippen molar-refractivity contribution in [1.29, 1.82) is 0 Å². The number of hydrogen-bond acceptors (Lipinski definition) is 4. The quantitative estimate of drug-likeness (QED) is 0.604. The van der Waals surface area contributed by atoms with E-state index in [1.165, 1.54) is 17.0 Å². The molecule has 1 aliphatic heterocycles. The Hall–Kier alpha value is -3.17. The van der Waals surface area contributed by atoms with Gasteiger partial charge in [0.1, 0.15) is 5.82 Å². The van der Waals surface area contributed by atoms with Gasteiger partial charge in [0.15, 0.2) is 0 Å². The topological polar surface area (TPSA) is 118 Å². The van der Waals surface area contributed by atoms with Crippen molar-refractivity contribution in [3.05, 3.63) is 53.3 Å². The first kappa shape index (κ1) is 24.1. The van der Waals surface area contributed by atoms with E-state index in [2.05, 4.69) is 4.90 Å². The van der Waals surface area contributed by atoms with Gasteiger partial charge in [-0.3, -0.25) is 4.90 Å². The van der Waals surface area contributed by atoms with Crippen LogP contribution < -0.4 is 4.90 Å². The van der Waals surface area contributed by atoms with Gasteiger partial charge in [0.2, 0.25) is 0 Å². The number of carboxylic acids is 2. The zero-order valence-corrected chi connectivity index (χ0v) is 17.4. The van der Waals surface area contributed by atoms with Gasteiger partial charge in [0.25, 0.3) is 0 Å². The highest BCUT2D eigenvalue weighted by Gasteiger charge is 2.27. The molecule has 2 aromatic rings. The van der Waals surface area contributed by atoms with Crippen molar-refractivity contribution >= 4 is 35.3 Å². The summed E-state index contributed by atoms with van der Waals surface area (Å²) < 4.78 is 13.9. The second kappa shape index (κ2) is 10.7. The fraction of sp³-hybridized carbons (Fsp3) is 0.286. The first-order chi connectivity index (χ1) is 14.6. The van der Waals surface area contributed by atoms with Crippen molar-refractivity contribution < 1.29 is 34.1 Å². The van der Waals surface area contributed by atoms with E-state index in [4.69, 9.17) is 31.4 Å². The van der Waals surface area contributed by atoms with Crippen LogP contribution in [-0.4, -0.2) is 64.9 Å². The van der Waals surface area contributed by atoms with E-state index in [0.29, 0.717) is 22.8 Å². The molecule has 31 heavy (non-hydrogen) atoms. The van der Waals surface area contributed by atoms with E-state index in [1.54, 1.807) is 24.3 Å². The molecule has 0 bridgehead atoms. The van der Waals surface area contributed by atoms with E-state index >= 15 is 0 Å². The van der Waals surface area contributed by atoms with Crippen LogP contribution in [0, 0.1) is 11.7 Å². The third kappa shape index (κ3) is 6.94. The molecule has 0 aromatic heterocycles. The predicted molar refractivity (Wildman–Crippen MR) is 113 cm³/mol. The molecule has 1 heterocycles. The van der Waals surface area contributed by atoms with Crippen molar-refractivity contribution in [2.45, 2.75) is 6.42 Å². The number of aliphatic carboxylic acids is 2. The molecule has 166 valence electrons. The number of carboxylic acid groups (broad SMARTS) is 3. The summed E-state index contributed by atoms with van der Waals surface area (Å²) in [6.07, 6.45) is -0.148. The molecular formula is C21H22ClFN2O6. The third-order valence-corrected chi connectivity index (χ3v) is 4.96. The standard InChI is InChI=1S/C19H20ClFN2O2.C2H2O4/c1-22-8-7-13(11-22)12-23(19(24)25)18-10-16(21)5-6-17(18)14-3-2-4-15(20)9-14;3-1(4)2(5)6/h2-6,9-10,13H,7-8,11-12H2,1H3,(H,24,25);(H,3,4)(H,5,6)/t13-;/m1./s1. The van der Waals surface area contributed by atoms with E-state index in [1.807, 2.05) is 13.1 Å². The fourth-order valence-electron chi connectivity index (χ4n) is 3.34. The largest absolute Gasteiger partial charge is 0.473 e. The molecule has 0 saturated carbocycles. The Bertz CT molecular complexity index is 959. The number of likely N-dealkylation sites (tertiary alicyclic amines) is 1. The van der Waals surface area contributed by atoms with Crippen LogP contribution in [0.4, 0.5) is 14.9 Å². The van der Waals surface area contributed by atoms with Crippen molar-refractivity contribution in [2.24, 2.45) is 5.92 Å². The molecule has 1 amide bonds. The second-order valence-corrected chi connectivity index (χ2v) is 7.53. The number of benzene rings is 2. The SMILES string of the molecule is CN1CC[C@@H](CN(C(=O)O)c2cc(F)ccc2-c2cccc(Cl)c2)C1.O=C(O)C(=O)O. The highest BCUT2D eigenvalue weighted by Crippen LogP contribution is 2.34. The number of rotatable bonds is 4. The van der Waals surface area contributed by atoms with Gasteiger partial charge in [-0.15, -0.1) is 0 Å². The molecule has 1 saturated heterocycles. The summed E-state index contributed by atoms with van der Waals surface area (Å²) in [5.74, 6) is -3.88. The summed E-state index contributed by atoms with van der Waals surface area (Å²) in [7, 11) is 2.02. The Balaban J connectivity index is 0.000000501. The molecule has 3 rings (SSSR count). The minimum absolute atomic E-state index is 0.233. The van der Waals surface area contributed by atoms with Crippen LogP contribution in [0.1, 0.15) is 6.42 Å². The zero-order chi connectivity index (χ0) is 23.1. The first-order valence-electron chi connectivity index (χ1n) is 9.29. The summed E-state index contributed by atoms with van der Waals surface area (Å²) in [6.45, 7) is 2.13. The van der Waals surface area contributed by atoms with Gasteiger partial charge in [0.05, 0.1) is 5.69 Å². The number of halogens is 2. The molecule has 1 fully saturated rings. The first-order valence-corrected chi connectivity index (χ1v) is 9.67. The maximum absolute atomic E-state index is 13.9. The van der Waals surface area contributed by atoms with E-state index in [9.17, 15) is 14.3 Å². The van der Waals surface area contributed by atoms with E-state index < -0.39 is 23.8 Å². The van der Waals surface area contributed by atoms with Crippen molar-refractivity contribution in [3.63, 3.8) is 0 Å². The molecular weight excluding hydrogens is 431 g/mol. The zero-order valence-electron chi connectivity index (χ0n) is 16.7. The van der Waals surface area contributed by atoms with Gasteiger partial charge in [-0.2, -0.15) is 0 Å². The normalized spacial score (nSPS) is 15.6. The Morgan fingerprint density at radius 2 is 1.81 bits per heavy atom. The molecule has 1 aliphatic rings. The summed E-state index contributed by atoms with van der Waals surface area (Å²) in [5, 5.41) is 25.1. The van der Waals surface area contributed by atoms with Gasteiger partial charge >= 0.3 is 18.0 Å². The molecule has 3 N–H and O–H groups in total. The molecule has 2 aromatic carbocycles. The van der Waals surface area contributed by atoms with Crippen LogP contribution in [-0.2, 0) is 9.59 Å². The van der Waals surface area contributed by atoms with E-state index in [-0.39, 0.29) is 5.92 Å². The fourth-order valence-corrected chi connectivity index (χ4v) is 3.53. The number of carbonyl (C=O) groups is 3. The van der Waals surface area contributed by atoms with Crippen LogP contribution in [0.2, 0.25) is 5.02 Å². The lowest BCUT2D eigenvalue weighted by Gasteiger charge is -2.25. The minimum atomic E-state index is -1.82. The molecule has 1 atom stereocenters. The summed E-state index contributed by atoms with van der Waals surface area (Å²) in [4.78, 5) is 33.5. The molecule has 10 heteroatoms. The Labute approximate surface area is 183 Å². The number of nitrogens with zero attached hydrogens (tertiary/aromatic N) is 2. The number of anilines is 1. The summed E-state index contributed by atoms with van der Waals surface area (Å²) in [6, 6.07) is 11.4. The summed E-state index contributed by atoms with van der Waals surface area (Å²) in [5.41, 5.74) is 1.76.